The Balaban J connectivity index is 2.70. The zero-order valence-corrected chi connectivity index (χ0v) is 6.93. The van der Waals surface area contributed by atoms with Crippen molar-refractivity contribution < 1.29 is 9.90 Å². The van der Waals surface area contributed by atoms with Crippen LogP contribution in [0.3, 0.4) is 0 Å². The Kier molecular flexibility index (Phi) is 1.51. The molecule has 0 radical (unpaired) electrons. The maximum Gasteiger partial charge on any atom is 0.337 e. The van der Waals surface area contributed by atoms with Crippen LogP contribution >= 0.6 is 0 Å². The number of rotatable bonds is 1. The average molecular weight is 177 g/mol. The largest absolute Gasteiger partial charge is 0.478 e. The number of aromatic nitrogens is 3. The van der Waals surface area contributed by atoms with E-state index in [1.54, 1.807) is 10.9 Å². The van der Waals surface area contributed by atoms with Crippen molar-refractivity contribution in [3.63, 3.8) is 0 Å². The molecule has 0 atom stereocenters. The van der Waals surface area contributed by atoms with Crippen LogP contribution in [0, 0.1) is 0 Å². The molecule has 5 heteroatoms. The lowest BCUT2D eigenvalue weighted by Gasteiger charge is -1.94. The fourth-order valence-corrected chi connectivity index (χ4v) is 1.13. The Hall–Kier alpha value is -1.91. The number of hydrogen-bond donors (Lipinski definition) is 1. The molecule has 0 aliphatic rings. The highest BCUT2D eigenvalue weighted by atomic mass is 16.4. The van der Waals surface area contributed by atoms with Gasteiger partial charge in [-0.15, -0.1) is 0 Å². The summed E-state index contributed by atoms with van der Waals surface area (Å²) in [7, 11) is 1.81. The molecule has 0 unspecified atom stereocenters. The minimum absolute atomic E-state index is 0.159. The first-order valence-electron chi connectivity index (χ1n) is 3.69. The molecule has 0 spiro atoms. The number of aryl methyl sites for hydroxylation is 1. The van der Waals surface area contributed by atoms with E-state index in [1.165, 1.54) is 12.3 Å². The van der Waals surface area contributed by atoms with Crippen molar-refractivity contribution in [1.29, 1.82) is 0 Å². The van der Waals surface area contributed by atoms with E-state index >= 15 is 0 Å². The maximum atomic E-state index is 10.6. The lowest BCUT2D eigenvalue weighted by molar-refractivity contribution is 0.0696. The van der Waals surface area contributed by atoms with E-state index in [0.717, 1.165) is 0 Å². The van der Waals surface area contributed by atoms with Crippen molar-refractivity contribution in [2.45, 2.75) is 0 Å². The second-order valence-electron chi connectivity index (χ2n) is 2.73. The number of hydrogen-bond acceptors (Lipinski definition) is 3. The monoisotopic (exact) mass is 177 g/mol. The third-order valence-corrected chi connectivity index (χ3v) is 1.80. The molecule has 0 amide bonds. The van der Waals surface area contributed by atoms with Crippen LogP contribution in [-0.4, -0.2) is 25.6 Å². The average Bonchev–Trinajstić information content (AvgIpc) is 2.47. The van der Waals surface area contributed by atoms with E-state index < -0.39 is 5.97 Å². The van der Waals surface area contributed by atoms with Gasteiger partial charge in [0.1, 0.15) is 5.52 Å². The standard InChI is InChI=1S/C8H7N3O2/c1-11-4-10-6-2-5(8(12)13)3-9-7(6)11/h2-4H,1H3,(H,12,13). The van der Waals surface area contributed by atoms with Crippen molar-refractivity contribution in [3.05, 3.63) is 24.2 Å². The fourth-order valence-electron chi connectivity index (χ4n) is 1.13. The molecule has 66 valence electrons. The number of fused-ring (bicyclic) bond motifs is 1. The van der Waals surface area contributed by atoms with Gasteiger partial charge in [0, 0.05) is 13.2 Å². The minimum atomic E-state index is -0.986. The first-order valence-corrected chi connectivity index (χ1v) is 3.69. The van der Waals surface area contributed by atoms with E-state index in [0.29, 0.717) is 11.2 Å². The third kappa shape index (κ3) is 1.14. The van der Waals surface area contributed by atoms with Crippen LogP contribution in [0.1, 0.15) is 10.4 Å². The molecule has 5 nitrogen and oxygen atoms in total. The molecule has 2 rings (SSSR count). The van der Waals surface area contributed by atoms with Gasteiger partial charge < -0.3 is 9.67 Å². The predicted molar refractivity (Wildman–Crippen MR) is 45.5 cm³/mol. The lowest BCUT2D eigenvalue weighted by Crippen LogP contribution is -1.97. The molecule has 0 aliphatic heterocycles. The number of imidazole rings is 1. The Morgan fingerprint density at radius 3 is 3.00 bits per heavy atom. The van der Waals surface area contributed by atoms with E-state index in [4.69, 9.17) is 5.11 Å². The quantitative estimate of drug-likeness (QED) is 0.695. The topological polar surface area (TPSA) is 68.0 Å². The van der Waals surface area contributed by atoms with Gasteiger partial charge >= 0.3 is 5.97 Å². The Bertz CT molecular complexity index is 475. The summed E-state index contributed by atoms with van der Waals surface area (Å²) in [6.45, 7) is 0. The Labute approximate surface area is 73.7 Å². The van der Waals surface area contributed by atoms with Crippen LogP contribution in [0.2, 0.25) is 0 Å². The summed E-state index contributed by atoms with van der Waals surface area (Å²) in [5.74, 6) is -0.986. The van der Waals surface area contributed by atoms with Crippen LogP contribution in [0.25, 0.3) is 11.2 Å². The number of carboxylic acids is 1. The molecule has 0 aliphatic carbocycles. The number of carbonyl (C=O) groups is 1. The first kappa shape index (κ1) is 7.72. The number of aromatic carboxylic acids is 1. The van der Waals surface area contributed by atoms with Gasteiger partial charge in [0.15, 0.2) is 5.65 Å². The van der Waals surface area contributed by atoms with Gasteiger partial charge in [-0.2, -0.15) is 0 Å². The molecule has 0 fully saturated rings. The molecule has 0 saturated heterocycles. The van der Waals surface area contributed by atoms with Crippen LogP contribution in [0.4, 0.5) is 0 Å². The summed E-state index contributed by atoms with van der Waals surface area (Å²) in [6, 6.07) is 1.50. The van der Waals surface area contributed by atoms with Gasteiger partial charge in [0.2, 0.25) is 0 Å². The molecule has 2 aromatic rings. The molecule has 13 heavy (non-hydrogen) atoms. The molecule has 0 bridgehead atoms. The normalized spacial score (nSPS) is 10.5. The van der Waals surface area contributed by atoms with E-state index in [-0.39, 0.29) is 5.56 Å². The van der Waals surface area contributed by atoms with Gasteiger partial charge in [-0.1, -0.05) is 0 Å². The van der Waals surface area contributed by atoms with Crippen LogP contribution in [0.5, 0.6) is 0 Å². The predicted octanol–water partition coefficient (Wildman–Crippen LogP) is 0.666. The summed E-state index contributed by atoms with van der Waals surface area (Å²) in [5, 5.41) is 8.68. The molecule has 0 saturated carbocycles. The van der Waals surface area contributed by atoms with E-state index in [2.05, 4.69) is 9.97 Å². The summed E-state index contributed by atoms with van der Waals surface area (Å²) in [4.78, 5) is 18.6. The van der Waals surface area contributed by atoms with Gasteiger partial charge in [-0.25, -0.2) is 14.8 Å². The zero-order chi connectivity index (χ0) is 9.42. The number of carboxylic acid groups (broad SMARTS) is 1. The van der Waals surface area contributed by atoms with E-state index in [9.17, 15) is 4.79 Å². The Morgan fingerprint density at radius 2 is 2.31 bits per heavy atom. The molecular formula is C8H7N3O2. The van der Waals surface area contributed by atoms with Gasteiger partial charge in [0.05, 0.1) is 11.9 Å². The molecule has 2 aromatic heterocycles. The molecule has 1 N–H and O–H groups in total. The summed E-state index contributed by atoms with van der Waals surface area (Å²) in [5.41, 5.74) is 1.44. The first-order chi connectivity index (χ1) is 6.18. The van der Waals surface area contributed by atoms with E-state index in [1.807, 2.05) is 7.05 Å². The minimum Gasteiger partial charge on any atom is -0.478 e. The SMILES string of the molecule is Cn1cnc2cc(C(=O)O)cnc21. The van der Waals surface area contributed by atoms with Gasteiger partial charge in [0.25, 0.3) is 0 Å². The number of nitrogens with zero attached hydrogens (tertiary/aromatic N) is 3. The van der Waals surface area contributed by atoms with Crippen molar-refractivity contribution in [3.8, 4) is 0 Å². The van der Waals surface area contributed by atoms with Crippen LogP contribution in [-0.2, 0) is 7.05 Å². The van der Waals surface area contributed by atoms with Crippen molar-refractivity contribution >= 4 is 17.1 Å². The smallest absolute Gasteiger partial charge is 0.337 e. The highest BCUT2D eigenvalue weighted by Crippen LogP contribution is 2.10. The zero-order valence-electron chi connectivity index (χ0n) is 6.93. The fraction of sp³-hybridized carbons (Fsp3) is 0.125. The van der Waals surface area contributed by atoms with Crippen molar-refractivity contribution in [2.75, 3.05) is 0 Å². The second-order valence-corrected chi connectivity index (χ2v) is 2.73. The van der Waals surface area contributed by atoms with Crippen LogP contribution < -0.4 is 0 Å². The Morgan fingerprint density at radius 1 is 1.54 bits per heavy atom. The third-order valence-electron chi connectivity index (χ3n) is 1.80. The molecule has 2 heterocycles. The van der Waals surface area contributed by atoms with Gasteiger partial charge in [-0.3, -0.25) is 0 Å². The summed E-state index contributed by atoms with van der Waals surface area (Å²) >= 11 is 0. The van der Waals surface area contributed by atoms with Crippen LogP contribution in [0.15, 0.2) is 18.6 Å². The van der Waals surface area contributed by atoms with Gasteiger partial charge in [-0.05, 0) is 6.07 Å². The number of pyridine rings is 1. The summed E-state index contributed by atoms with van der Waals surface area (Å²) in [6.07, 6.45) is 2.93. The highest BCUT2D eigenvalue weighted by Gasteiger charge is 2.06. The van der Waals surface area contributed by atoms with Crippen molar-refractivity contribution in [1.82, 2.24) is 14.5 Å². The molecular weight excluding hydrogens is 170 g/mol. The molecule has 0 aromatic carbocycles. The second kappa shape index (κ2) is 2.55. The van der Waals surface area contributed by atoms with Crippen molar-refractivity contribution in [2.24, 2.45) is 7.05 Å². The highest BCUT2D eigenvalue weighted by molar-refractivity contribution is 5.90. The lowest BCUT2D eigenvalue weighted by atomic mass is 10.3. The maximum absolute atomic E-state index is 10.6. The summed E-state index contributed by atoms with van der Waals surface area (Å²) < 4.78 is 1.74.